The fraction of sp³-hybridized carbons (Fsp3) is 0.235. The van der Waals surface area contributed by atoms with Crippen LogP contribution in [0, 0.1) is 0 Å². The van der Waals surface area contributed by atoms with E-state index in [9.17, 15) is 4.79 Å². The van der Waals surface area contributed by atoms with Gasteiger partial charge in [0.25, 0.3) is 5.91 Å². The molecule has 4 heteroatoms. The molecule has 2 aromatic rings. The van der Waals surface area contributed by atoms with Crippen molar-refractivity contribution in [3.63, 3.8) is 0 Å². The SMILES string of the molecule is CC(CCNC(=O)c1ccc(Cl)c(N)c1)c1ccccc1. The van der Waals surface area contributed by atoms with Crippen molar-refractivity contribution in [1.29, 1.82) is 0 Å². The molecule has 0 fully saturated rings. The fourth-order valence-electron chi connectivity index (χ4n) is 2.14. The maximum absolute atomic E-state index is 12.0. The second kappa shape index (κ2) is 7.14. The van der Waals surface area contributed by atoms with Crippen LogP contribution < -0.4 is 11.1 Å². The summed E-state index contributed by atoms with van der Waals surface area (Å²) in [7, 11) is 0. The van der Waals surface area contributed by atoms with Crippen LogP contribution in [0.1, 0.15) is 35.2 Å². The summed E-state index contributed by atoms with van der Waals surface area (Å²) in [4.78, 5) is 12.0. The molecule has 0 spiro atoms. The van der Waals surface area contributed by atoms with Gasteiger partial charge in [-0.1, -0.05) is 48.9 Å². The molecule has 0 aliphatic heterocycles. The first-order valence-corrected chi connectivity index (χ1v) is 7.34. The summed E-state index contributed by atoms with van der Waals surface area (Å²) in [6, 6.07) is 15.2. The maximum Gasteiger partial charge on any atom is 0.251 e. The van der Waals surface area contributed by atoms with Crippen LogP contribution in [0.15, 0.2) is 48.5 Å². The second-order valence-electron chi connectivity index (χ2n) is 5.09. The predicted octanol–water partition coefficient (Wildman–Crippen LogP) is 3.85. The first-order chi connectivity index (χ1) is 10.1. The Kier molecular flexibility index (Phi) is 5.23. The van der Waals surface area contributed by atoms with E-state index in [-0.39, 0.29) is 5.91 Å². The molecule has 110 valence electrons. The molecular formula is C17H19ClN2O. The first kappa shape index (κ1) is 15.4. The normalized spacial score (nSPS) is 11.9. The van der Waals surface area contributed by atoms with Crippen LogP contribution in [0.25, 0.3) is 0 Å². The van der Waals surface area contributed by atoms with Crippen molar-refractivity contribution in [3.05, 3.63) is 64.7 Å². The van der Waals surface area contributed by atoms with E-state index in [2.05, 4.69) is 24.4 Å². The second-order valence-corrected chi connectivity index (χ2v) is 5.50. The summed E-state index contributed by atoms with van der Waals surface area (Å²) in [6.45, 7) is 2.78. The number of rotatable bonds is 5. The van der Waals surface area contributed by atoms with Crippen molar-refractivity contribution >= 4 is 23.2 Å². The minimum Gasteiger partial charge on any atom is -0.398 e. The maximum atomic E-state index is 12.0. The van der Waals surface area contributed by atoms with Crippen molar-refractivity contribution in [2.75, 3.05) is 12.3 Å². The van der Waals surface area contributed by atoms with Crippen molar-refractivity contribution in [3.8, 4) is 0 Å². The highest BCUT2D eigenvalue weighted by atomic mass is 35.5. The lowest BCUT2D eigenvalue weighted by molar-refractivity contribution is 0.0952. The van der Waals surface area contributed by atoms with E-state index in [1.165, 1.54) is 5.56 Å². The van der Waals surface area contributed by atoms with Gasteiger partial charge in [0, 0.05) is 12.1 Å². The van der Waals surface area contributed by atoms with Crippen LogP contribution in [-0.4, -0.2) is 12.5 Å². The average molecular weight is 303 g/mol. The largest absolute Gasteiger partial charge is 0.398 e. The van der Waals surface area contributed by atoms with E-state index in [1.807, 2.05) is 18.2 Å². The highest BCUT2D eigenvalue weighted by molar-refractivity contribution is 6.33. The first-order valence-electron chi connectivity index (χ1n) is 6.96. The lowest BCUT2D eigenvalue weighted by Gasteiger charge is -2.12. The Labute approximate surface area is 130 Å². The number of halogens is 1. The number of benzene rings is 2. The standard InChI is InChI=1S/C17H19ClN2O/c1-12(13-5-3-2-4-6-13)9-10-20-17(21)14-7-8-15(18)16(19)11-14/h2-8,11-12H,9-10,19H2,1H3,(H,20,21). The van der Waals surface area contributed by atoms with Crippen LogP contribution in [0.5, 0.6) is 0 Å². The number of nitrogens with one attached hydrogen (secondary N) is 1. The molecule has 0 saturated carbocycles. The van der Waals surface area contributed by atoms with Crippen LogP contribution in [-0.2, 0) is 0 Å². The zero-order valence-electron chi connectivity index (χ0n) is 12.0. The summed E-state index contributed by atoms with van der Waals surface area (Å²) < 4.78 is 0. The van der Waals surface area contributed by atoms with E-state index in [4.69, 9.17) is 17.3 Å². The molecule has 2 aromatic carbocycles. The van der Waals surface area contributed by atoms with E-state index >= 15 is 0 Å². The van der Waals surface area contributed by atoms with Gasteiger partial charge < -0.3 is 11.1 Å². The van der Waals surface area contributed by atoms with Gasteiger partial charge in [-0.15, -0.1) is 0 Å². The molecule has 21 heavy (non-hydrogen) atoms. The molecule has 0 aliphatic carbocycles. The van der Waals surface area contributed by atoms with Crippen molar-refractivity contribution < 1.29 is 4.79 Å². The van der Waals surface area contributed by atoms with E-state index in [0.29, 0.717) is 28.7 Å². The molecule has 2 rings (SSSR count). The number of amides is 1. The minimum absolute atomic E-state index is 0.126. The van der Waals surface area contributed by atoms with E-state index in [0.717, 1.165) is 6.42 Å². The van der Waals surface area contributed by atoms with Gasteiger partial charge in [0.2, 0.25) is 0 Å². The van der Waals surface area contributed by atoms with Gasteiger partial charge in [0.1, 0.15) is 0 Å². The highest BCUT2D eigenvalue weighted by Crippen LogP contribution is 2.20. The number of nitrogen functional groups attached to an aromatic ring is 1. The van der Waals surface area contributed by atoms with Gasteiger partial charge in [-0.05, 0) is 36.1 Å². The van der Waals surface area contributed by atoms with Gasteiger partial charge in [-0.2, -0.15) is 0 Å². The molecule has 3 N–H and O–H groups in total. The molecule has 0 heterocycles. The quantitative estimate of drug-likeness (QED) is 0.824. The lowest BCUT2D eigenvalue weighted by atomic mass is 9.98. The van der Waals surface area contributed by atoms with Gasteiger partial charge in [-0.25, -0.2) is 0 Å². The van der Waals surface area contributed by atoms with Crippen LogP contribution in [0.2, 0.25) is 5.02 Å². The molecule has 3 nitrogen and oxygen atoms in total. The summed E-state index contributed by atoms with van der Waals surface area (Å²) in [5.74, 6) is 0.278. The Morgan fingerprint density at radius 1 is 1.24 bits per heavy atom. The van der Waals surface area contributed by atoms with Crippen molar-refractivity contribution in [1.82, 2.24) is 5.32 Å². The lowest BCUT2D eigenvalue weighted by Crippen LogP contribution is -2.25. The van der Waals surface area contributed by atoms with Crippen molar-refractivity contribution in [2.24, 2.45) is 0 Å². The highest BCUT2D eigenvalue weighted by Gasteiger charge is 2.09. The molecule has 0 radical (unpaired) electrons. The third-order valence-electron chi connectivity index (χ3n) is 3.49. The molecule has 1 atom stereocenters. The predicted molar refractivity (Wildman–Crippen MR) is 87.7 cm³/mol. The zero-order chi connectivity index (χ0) is 15.2. The van der Waals surface area contributed by atoms with Crippen LogP contribution in [0.3, 0.4) is 0 Å². The Morgan fingerprint density at radius 3 is 2.62 bits per heavy atom. The fourth-order valence-corrected chi connectivity index (χ4v) is 2.26. The van der Waals surface area contributed by atoms with Gasteiger partial charge >= 0.3 is 0 Å². The smallest absolute Gasteiger partial charge is 0.251 e. The topological polar surface area (TPSA) is 55.1 Å². The zero-order valence-corrected chi connectivity index (χ0v) is 12.7. The summed E-state index contributed by atoms with van der Waals surface area (Å²) in [5.41, 5.74) is 7.93. The molecule has 0 aliphatic rings. The summed E-state index contributed by atoms with van der Waals surface area (Å²) in [5, 5.41) is 3.37. The molecule has 1 amide bonds. The molecule has 0 aromatic heterocycles. The molecule has 0 bridgehead atoms. The molecular weight excluding hydrogens is 284 g/mol. The number of hydrogen-bond donors (Lipinski definition) is 2. The Morgan fingerprint density at radius 2 is 1.95 bits per heavy atom. The van der Waals surface area contributed by atoms with Crippen LogP contribution >= 0.6 is 11.6 Å². The Hall–Kier alpha value is -2.00. The Balaban J connectivity index is 1.85. The number of anilines is 1. The number of hydrogen-bond acceptors (Lipinski definition) is 2. The van der Waals surface area contributed by atoms with E-state index < -0.39 is 0 Å². The third kappa shape index (κ3) is 4.23. The van der Waals surface area contributed by atoms with Gasteiger partial charge in [0.15, 0.2) is 0 Å². The number of carbonyl (C=O) groups is 1. The number of nitrogens with two attached hydrogens (primary N) is 1. The van der Waals surface area contributed by atoms with E-state index in [1.54, 1.807) is 18.2 Å². The molecule has 1 unspecified atom stereocenters. The van der Waals surface area contributed by atoms with Crippen LogP contribution in [0.4, 0.5) is 5.69 Å². The number of carbonyl (C=O) groups excluding carboxylic acids is 1. The third-order valence-corrected chi connectivity index (χ3v) is 3.83. The van der Waals surface area contributed by atoms with Gasteiger partial charge in [-0.3, -0.25) is 4.79 Å². The molecule has 0 saturated heterocycles. The monoisotopic (exact) mass is 302 g/mol. The summed E-state index contributed by atoms with van der Waals surface area (Å²) in [6.07, 6.45) is 0.888. The van der Waals surface area contributed by atoms with Gasteiger partial charge in [0.05, 0.1) is 10.7 Å². The summed E-state index contributed by atoms with van der Waals surface area (Å²) >= 11 is 5.84. The Bertz CT molecular complexity index is 613. The average Bonchev–Trinajstić information content (AvgIpc) is 2.50. The minimum atomic E-state index is -0.126. The van der Waals surface area contributed by atoms with Crippen molar-refractivity contribution in [2.45, 2.75) is 19.3 Å².